The first-order valence-electron chi connectivity index (χ1n) is 13.8. The molecular weight excluding hydrogens is 470 g/mol. The van der Waals surface area contributed by atoms with E-state index in [0.717, 1.165) is 55.7 Å². The summed E-state index contributed by atoms with van der Waals surface area (Å²) in [5.74, 6) is 1.17. The molecule has 8 nitrogen and oxygen atoms in total. The van der Waals surface area contributed by atoms with Crippen molar-refractivity contribution in [3.05, 3.63) is 22.8 Å². The number of methoxy groups -OCH3 is 2. The molecule has 4 aliphatic rings. The van der Waals surface area contributed by atoms with Gasteiger partial charge >= 0.3 is 5.97 Å². The largest absolute Gasteiger partial charge is 0.493 e. The fourth-order valence-electron chi connectivity index (χ4n) is 7.68. The van der Waals surface area contributed by atoms with E-state index in [1.165, 1.54) is 0 Å². The topological polar surface area (TPSA) is 80.3 Å². The number of esters is 1. The molecule has 1 N–H and O–H groups in total. The molecule has 2 saturated heterocycles. The number of likely N-dealkylation sites (N-methyl/N-ethyl adjacent to an activating group) is 1. The van der Waals surface area contributed by atoms with Crippen molar-refractivity contribution < 1.29 is 23.8 Å². The van der Waals surface area contributed by atoms with Crippen molar-refractivity contribution >= 4 is 11.9 Å². The average molecular weight is 514 g/mol. The second-order valence-corrected chi connectivity index (χ2v) is 12.4. The van der Waals surface area contributed by atoms with Gasteiger partial charge in [0.1, 0.15) is 11.5 Å². The molecule has 37 heavy (non-hydrogen) atoms. The Labute approximate surface area is 221 Å². The number of amides is 1. The zero-order valence-electron chi connectivity index (χ0n) is 23.5. The van der Waals surface area contributed by atoms with Crippen LogP contribution in [0.3, 0.4) is 0 Å². The summed E-state index contributed by atoms with van der Waals surface area (Å²) in [6.45, 7) is 12.7. The van der Waals surface area contributed by atoms with Crippen LogP contribution in [0.4, 0.5) is 0 Å². The number of hydrogen-bond acceptors (Lipinski definition) is 7. The molecule has 8 heteroatoms. The van der Waals surface area contributed by atoms with Crippen LogP contribution < -0.4 is 14.8 Å². The lowest BCUT2D eigenvalue weighted by molar-refractivity contribution is -0.146. The smallest absolute Gasteiger partial charge is 0.317 e. The van der Waals surface area contributed by atoms with Gasteiger partial charge in [-0.1, -0.05) is 34.1 Å². The normalized spacial score (nSPS) is 30.9. The first kappa shape index (κ1) is 26.3. The number of carbonyl (C=O) groups is 2. The van der Waals surface area contributed by atoms with Crippen LogP contribution in [0.15, 0.2) is 6.07 Å². The Bertz CT molecular complexity index is 1080. The molecule has 1 aromatic carbocycles. The fraction of sp³-hybridized carbons (Fsp3) is 0.724. The van der Waals surface area contributed by atoms with Gasteiger partial charge < -0.3 is 24.4 Å². The molecule has 5 rings (SSSR count). The summed E-state index contributed by atoms with van der Waals surface area (Å²) in [5, 5.41) is 3.34. The Morgan fingerprint density at radius 2 is 1.81 bits per heavy atom. The van der Waals surface area contributed by atoms with Crippen molar-refractivity contribution in [2.24, 2.45) is 11.3 Å². The summed E-state index contributed by atoms with van der Waals surface area (Å²) >= 11 is 0. The van der Waals surface area contributed by atoms with Gasteiger partial charge in [-0.05, 0) is 42.9 Å². The van der Waals surface area contributed by atoms with Gasteiger partial charge in [-0.15, -0.1) is 0 Å². The molecular formula is C29H43N3O5. The van der Waals surface area contributed by atoms with Gasteiger partial charge in [0.2, 0.25) is 5.91 Å². The van der Waals surface area contributed by atoms with E-state index in [4.69, 9.17) is 14.2 Å². The van der Waals surface area contributed by atoms with E-state index in [1.54, 1.807) is 14.2 Å². The minimum Gasteiger partial charge on any atom is -0.493 e. The van der Waals surface area contributed by atoms with Gasteiger partial charge in [-0.2, -0.15) is 0 Å². The average Bonchev–Trinajstić information content (AvgIpc) is 3.12. The third kappa shape index (κ3) is 4.02. The predicted molar refractivity (Wildman–Crippen MR) is 141 cm³/mol. The fourth-order valence-corrected chi connectivity index (χ4v) is 7.68. The maximum Gasteiger partial charge on any atom is 0.317 e. The van der Waals surface area contributed by atoms with E-state index >= 15 is 0 Å². The molecule has 3 fully saturated rings. The SMILES string of the molecule is COc1c(C(C)C)cc2c(c1OC)C13CCCC(C)(C)C1C(OC3=O)C2NC(=O)CN1CCN(C)CC1. The van der Waals surface area contributed by atoms with E-state index < -0.39 is 17.6 Å². The number of fused-ring (bicyclic) bond motifs is 1. The molecule has 204 valence electrons. The lowest BCUT2D eigenvalue weighted by Crippen LogP contribution is -2.57. The maximum atomic E-state index is 13.9. The van der Waals surface area contributed by atoms with Crippen LogP contribution in [0.25, 0.3) is 0 Å². The Balaban J connectivity index is 1.64. The van der Waals surface area contributed by atoms with E-state index in [0.29, 0.717) is 24.5 Å². The summed E-state index contributed by atoms with van der Waals surface area (Å²) in [6, 6.07) is 1.70. The Kier molecular flexibility index (Phi) is 6.72. The highest BCUT2D eigenvalue weighted by molar-refractivity contribution is 5.91. The van der Waals surface area contributed by atoms with Gasteiger partial charge in [0.05, 0.1) is 26.8 Å². The molecule has 1 aromatic rings. The second-order valence-electron chi connectivity index (χ2n) is 12.4. The van der Waals surface area contributed by atoms with Crippen molar-refractivity contribution in [2.75, 3.05) is 54.0 Å². The highest BCUT2D eigenvalue weighted by Gasteiger charge is 2.70. The van der Waals surface area contributed by atoms with Gasteiger partial charge in [0, 0.05) is 43.2 Å². The van der Waals surface area contributed by atoms with Crippen molar-refractivity contribution in [2.45, 2.75) is 70.4 Å². The number of nitrogens with one attached hydrogen (secondary N) is 1. The van der Waals surface area contributed by atoms with E-state index in [1.807, 2.05) is 0 Å². The van der Waals surface area contributed by atoms with Crippen molar-refractivity contribution in [3.63, 3.8) is 0 Å². The van der Waals surface area contributed by atoms with Crippen LogP contribution in [0.2, 0.25) is 0 Å². The van der Waals surface area contributed by atoms with E-state index in [9.17, 15) is 9.59 Å². The van der Waals surface area contributed by atoms with Gasteiger partial charge in [0.25, 0.3) is 0 Å². The lowest BCUT2D eigenvalue weighted by atomic mass is 9.49. The highest BCUT2D eigenvalue weighted by atomic mass is 16.6. The summed E-state index contributed by atoms with van der Waals surface area (Å²) in [5.41, 5.74) is 1.88. The van der Waals surface area contributed by atoms with Crippen molar-refractivity contribution in [1.82, 2.24) is 15.1 Å². The standard InChI is InChI=1S/C29H43N3O5/c1-17(2)18-15-19-21(24(36-7)23(18)35-6)29-10-8-9-28(3,4)26(29)25(37-27(29)34)22(19)30-20(33)16-32-13-11-31(5)12-14-32/h15,17,22,25-26H,8-14,16H2,1-7H3,(H,30,33). The quantitative estimate of drug-likeness (QED) is 0.585. The Morgan fingerprint density at radius 3 is 2.43 bits per heavy atom. The maximum absolute atomic E-state index is 13.9. The van der Waals surface area contributed by atoms with Crippen LogP contribution >= 0.6 is 0 Å². The number of carbonyl (C=O) groups excluding carboxylic acids is 2. The zero-order valence-corrected chi connectivity index (χ0v) is 23.5. The molecule has 0 spiro atoms. The predicted octanol–water partition coefficient (Wildman–Crippen LogP) is 3.24. The molecule has 2 aliphatic heterocycles. The van der Waals surface area contributed by atoms with E-state index in [-0.39, 0.29) is 29.1 Å². The summed E-state index contributed by atoms with van der Waals surface area (Å²) < 4.78 is 18.2. The molecule has 0 radical (unpaired) electrons. The molecule has 2 heterocycles. The molecule has 4 atom stereocenters. The third-order valence-electron chi connectivity index (χ3n) is 9.42. The third-order valence-corrected chi connectivity index (χ3v) is 9.42. The number of rotatable bonds is 6. The summed E-state index contributed by atoms with van der Waals surface area (Å²) in [7, 11) is 5.41. The number of benzene rings is 1. The minimum absolute atomic E-state index is 0.0366. The Morgan fingerprint density at radius 1 is 1.14 bits per heavy atom. The first-order chi connectivity index (χ1) is 17.5. The Hall–Kier alpha value is -2.32. The summed E-state index contributed by atoms with van der Waals surface area (Å²) in [4.78, 5) is 31.8. The van der Waals surface area contributed by atoms with Crippen molar-refractivity contribution in [1.29, 1.82) is 0 Å². The first-order valence-corrected chi connectivity index (χ1v) is 13.8. The van der Waals surface area contributed by atoms with Crippen LogP contribution in [-0.2, 0) is 19.7 Å². The van der Waals surface area contributed by atoms with Crippen LogP contribution in [0, 0.1) is 11.3 Å². The second kappa shape index (κ2) is 9.45. The minimum atomic E-state index is -0.797. The molecule has 2 aliphatic carbocycles. The van der Waals surface area contributed by atoms with Gasteiger partial charge in [-0.25, -0.2) is 0 Å². The van der Waals surface area contributed by atoms with E-state index in [2.05, 4.69) is 55.9 Å². The molecule has 1 saturated carbocycles. The molecule has 0 aromatic heterocycles. The number of nitrogens with zero attached hydrogens (tertiary/aromatic N) is 2. The molecule has 2 bridgehead atoms. The number of hydrogen-bond donors (Lipinski definition) is 1. The van der Waals surface area contributed by atoms with Crippen LogP contribution in [0.1, 0.15) is 75.6 Å². The number of ether oxygens (including phenoxy) is 3. The molecule has 1 amide bonds. The lowest BCUT2D eigenvalue weighted by Gasteiger charge is -2.52. The van der Waals surface area contributed by atoms with Gasteiger partial charge in [-0.3, -0.25) is 14.5 Å². The molecule has 4 unspecified atom stereocenters. The monoisotopic (exact) mass is 513 g/mol. The zero-order chi connectivity index (χ0) is 26.7. The van der Waals surface area contributed by atoms with Crippen LogP contribution in [0.5, 0.6) is 11.5 Å². The van der Waals surface area contributed by atoms with Crippen LogP contribution in [-0.4, -0.2) is 81.8 Å². The van der Waals surface area contributed by atoms with Crippen molar-refractivity contribution in [3.8, 4) is 11.5 Å². The number of piperazine rings is 1. The summed E-state index contributed by atoms with van der Waals surface area (Å²) in [6.07, 6.45) is 2.24. The highest BCUT2D eigenvalue weighted by Crippen LogP contribution is 2.66. The van der Waals surface area contributed by atoms with Gasteiger partial charge in [0.15, 0.2) is 11.5 Å².